The standard InChI is InChI=1S/C13H22N2O3/c1-2-4-10-6-8-14(9-10)13(18)15-7-3-5-11(15)12(16)17/h10-11H,2-9H2,1H3,(H,16,17)/t10?,11-/m0/s1. The minimum absolute atomic E-state index is 0.0708. The smallest absolute Gasteiger partial charge is 0.326 e. The van der Waals surface area contributed by atoms with Crippen LogP contribution in [0.3, 0.4) is 0 Å². The van der Waals surface area contributed by atoms with Crippen LogP contribution < -0.4 is 0 Å². The first kappa shape index (κ1) is 13.2. The average molecular weight is 254 g/mol. The van der Waals surface area contributed by atoms with E-state index < -0.39 is 12.0 Å². The summed E-state index contributed by atoms with van der Waals surface area (Å²) in [7, 11) is 0. The maximum Gasteiger partial charge on any atom is 0.326 e. The maximum absolute atomic E-state index is 12.3. The molecule has 1 N–H and O–H groups in total. The van der Waals surface area contributed by atoms with Crippen LogP contribution >= 0.6 is 0 Å². The minimum Gasteiger partial charge on any atom is -0.480 e. The molecule has 0 aliphatic carbocycles. The monoisotopic (exact) mass is 254 g/mol. The van der Waals surface area contributed by atoms with Crippen LogP contribution in [0.2, 0.25) is 0 Å². The topological polar surface area (TPSA) is 60.9 Å². The Labute approximate surface area is 108 Å². The van der Waals surface area contributed by atoms with Crippen LogP contribution in [0, 0.1) is 5.92 Å². The van der Waals surface area contributed by atoms with Crippen LogP contribution in [0.25, 0.3) is 0 Å². The fourth-order valence-corrected chi connectivity index (χ4v) is 3.08. The molecule has 0 aromatic rings. The molecule has 2 atom stereocenters. The quantitative estimate of drug-likeness (QED) is 0.835. The number of hydrogen-bond acceptors (Lipinski definition) is 2. The highest BCUT2D eigenvalue weighted by atomic mass is 16.4. The summed E-state index contributed by atoms with van der Waals surface area (Å²) in [5.74, 6) is -0.269. The predicted molar refractivity (Wildman–Crippen MR) is 67.3 cm³/mol. The van der Waals surface area contributed by atoms with Gasteiger partial charge in [0.05, 0.1) is 0 Å². The molecule has 1 unspecified atom stereocenters. The minimum atomic E-state index is -0.870. The number of likely N-dealkylation sites (tertiary alicyclic amines) is 2. The van der Waals surface area contributed by atoms with Crippen molar-refractivity contribution < 1.29 is 14.7 Å². The Morgan fingerprint density at radius 2 is 2.06 bits per heavy atom. The second-order valence-corrected chi connectivity index (χ2v) is 5.36. The first-order chi connectivity index (χ1) is 8.63. The van der Waals surface area contributed by atoms with E-state index in [0.717, 1.165) is 38.8 Å². The van der Waals surface area contributed by atoms with Crippen molar-refractivity contribution in [2.45, 2.75) is 45.1 Å². The lowest BCUT2D eigenvalue weighted by atomic mass is 10.0. The highest BCUT2D eigenvalue weighted by Crippen LogP contribution is 2.25. The molecule has 0 radical (unpaired) electrons. The summed E-state index contributed by atoms with van der Waals surface area (Å²) in [6.45, 7) is 4.33. The Hall–Kier alpha value is -1.26. The van der Waals surface area contributed by atoms with Crippen molar-refractivity contribution in [3.63, 3.8) is 0 Å². The molecule has 2 heterocycles. The van der Waals surface area contributed by atoms with E-state index in [0.29, 0.717) is 18.9 Å². The van der Waals surface area contributed by atoms with E-state index in [9.17, 15) is 9.59 Å². The molecule has 2 aliphatic heterocycles. The van der Waals surface area contributed by atoms with Crippen molar-refractivity contribution in [1.82, 2.24) is 9.80 Å². The van der Waals surface area contributed by atoms with Gasteiger partial charge in [0.15, 0.2) is 0 Å². The SMILES string of the molecule is CCCC1CCN(C(=O)N2CCC[C@H]2C(=O)O)C1. The van der Waals surface area contributed by atoms with Crippen LogP contribution in [0.5, 0.6) is 0 Å². The molecular weight excluding hydrogens is 232 g/mol. The lowest BCUT2D eigenvalue weighted by Crippen LogP contribution is -2.47. The molecule has 2 saturated heterocycles. The first-order valence-corrected chi connectivity index (χ1v) is 6.91. The summed E-state index contributed by atoms with van der Waals surface area (Å²) in [6.07, 6.45) is 4.76. The normalized spacial score (nSPS) is 27.8. The van der Waals surface area contributed by atoms with E-state index in [-0.39, 0.29) is 6.03 Å². The van der Waals surface area contributed by atoms with E-state index in [1.807, 2.05) is 4.90 Å². The Balaban J connectivity index is 1.93. The Morgan fingerprint density at radius 1 is 1.28 bits per heavy atom. The van der Waals surface area contributed by atoms with E-state index >= 15 is 0 Å². The van der Waals surface area contributed by atoms with Gasteiger partial charge < -0.3 is 14.9 Å². The Kier molecular flexibility index (Phi) is 4.09. The van der Waals surface area contributed by atoms with Crippen molar-refractivity contribution in [3.8, 4) is 0 Å². The fraction of sp³-hybridized carbons (Fsp3) is 0.846. The van der Waals surface area contributed by atoms with E-state index in [4.69, 9.17) is 5.11 Å². The predicted octanol–water partition coefficient (Wildman–Crippen LogP) is 1.78. The maximum atomic E-state index is 12.3. The summed E-state index contributed by atoms with van der Waals surface area (Å²) in [4.78, 5) is 26.8. The fourth-order valence-electron chi connectivity index (χ4n) is 3.08. The number of carboxylic acids is 1. The summed E-state index contributed by atoms with van der Waals surface area (Å²) in [5, 5.41) is 9.10. The van der Waals surface area contributed by atoms with Gasteiger partial charge in [-0.1, -0.05) is 13.3 Å². The van der Waals surface area contributed by atoms with Gasteiger partial charge in [-0.05, 0) is 31.6 Å². The number of aliphatic carboxylic acids is 1. The van der Waals surface area contributed by atoms with Gasteiger partial charge in [-0.3, -0.25) is 0 Å². The number of urea groups is 1. The van der Waals surface area contributed by atoms with Crippen LogP contribution in [0.15, 0.2) is 0 Å². The molecule has 5 nitrogen and oxygen atoms in total. The number of carbonyl (C=O) groups excluding carboxylic acids is 1. The summed E-state index contributed by atoms with van der Waals surface area (Å²) in [5.41, 5.74) is 0. The second kappa shape index (κ2) is 5.59. The van der Waals surface area contributed by atoms with Gasteiger partial charge in [0.25, 0.3) is 0 Å². The zero-order valence-electron chi connectivity index (χ0n) is 11.0. The Morgan fingerprint density at radius 3 is 2.72 bits per heavy atom. The van der Waals surface area contributed by atoms with Gasteiger partial charge in [-0.25, -0.2) is 9.59 Å². The first-order valence-electron chi connectivity index (χ1n) is 6.91. The van der Waals surface area contributed by atoms with Crippen molar-refractivity contribution >= 4 is 12.0 Å². The molecule has 102 valence electrons. The lowest BCUT2D eigenvalue weighted by molar-refractivity contribution is -0.141. The van der Waals surface area contributed by atoms with Crippen LogP contribution in [0.1, 0.15) is 39.0 Å². The van der Waals surface area contributed by atoms with Crippen molar-refractivity contribution in [3.05, 3.63) is 0 Å². The van der Waals surface area contributed by atoms with Crippen LogP contribution in [0.4, 0.5) is 4.79 Å². The third-order valence-corrected chi connectivity index (χ3v) is 4.04. The number of hydrogen-bond donors (Lipinski definition) is 1. The van der Waals surface area contributed by atoms with Gasteiger partial charge in [-0.2, -0.15) is 0 Å². The largest absolute Gasteiger partial charge is 0.480 e. The second-order valence-electron chi connectivity index (χ2n) is 5.36. The van der Waals surface area contributed by atoms with Gasteiger partial charge in [0, 0.05) is 19.6 Å². The lowest BCUT2D eigenvalue weighted by Gasteiger charge is -2.27. The number of carboxylic acid groups (broad SMARTS) is 1. The molecule has 0 saturated carbocycles. The molecule has 5 heteroatoms. The van der Waals surface area contributed by atoms with E-state index in [2.05, 4.69) is 6.92 Å². The molecule has 18 heavy (non-hydrogen) atoms. The highest BCUT2D eigenvalue weighted by molar-refractivity contribution is 5.83. The van der Waals surface area contributed by atoms with E-state index in [1.165, 1.54) is 4.90 Å². The molecule has 2 amide bonds. The van der Waals surface area contributed by atoms with Crippen LogP contribution in [-0.4, -0.2) is 52.6 Å². The number of carbonyl (C=O) groups is 2. The summed E-state index contributed by atoms with van der Waals surface area (Å²) < 4.78 is 0. The molecule has 2 rings (SSSR count). The highest BCUT2D eigenvalue weighted by Gasteiger charge is 2.37. The van der Waals surface area contributed by atoms with Crippen molar-refractivity contribution in [1.29, 1.82) is 0 Å². The van der Waals surface area contributed by atoms with Gasteiger partial charge in [-0.15, -0.1) is 0 Å². The molecule has 0 aromatic carbocycles. The summed E-state index contributed by atoms with van der Waals surface area (Å²) in [6, 6.07) is -0.679. The molecular formula is C13H22N2O3. The molecule has 2 fully saturated rings. The van der Waals surface area contributed by atoms with Crippen molar-refractivity contribution in [2.24, 2.45) is 5.92 Å². The molecule has 0 spiro atoms. The third kappa shape index (κ3) is 2.60. The third-order valence-electron chi connectivity index (χ3n) is 4.04. The zero-order valence-corrected chi connectivity index (χ0v) is 11.0. The molecule has 0 bridgehead atoms. The number of amides is 2. The zero-order chi connectivity index (χ0) is 13.1. The van der Waals surface area contributed by atoms with Gasteiger partial charge in [0.1, 0.15) is 6.04 Å². The molecule has 2 aliphatic rings. The van der Waals surface area contributed by atoms with Crippen LogP contribution in [-0.2, 0) is 4.79 Å². The Bertz CT molecular complexity index is 332. The molecule has 0 aromatic heterocycles. The van der Waals surface area contributed by atoms with Crippen molar-refractivity contribution in [2.75, 3.05) is 19.6 Å². The number of nitrogens with zero attached hydrogens (tertiary/aromatic N) is 2. The number of rotatable bonds is 3. The average Bonchev–Trinajstić information content (AvgIpc) is 2.96. The van der Waals surface area contributed by atoms with Gasteiger partial charge in [0.2, 0.25) is 0 Å². The summed E-state index contributed by atoms with van der Waals surface area (Å²) >= 11 is 0. The van der Waals surface area contributed by atoms with Gasteiger partial charge >= 0.3 is 12.0 Å². The van der Waals surface area contributed by atoms with E-state index in [1.54, 1.807) is 0 Å².